The van der Waals surface area contributed by atoms with E-state index in [-0.39, 0.29) is 5.91 Å². The quantitative estimate of drug-likeness (QED) is 0.756. The van der Waals surface area contributed by atoms with E-state index >= 15 is 0 Å². The molecule has 0 bridgehead atoms. The van der Waals surface area contributed by atoms with E-state index in [9.17, 15) is 4.79 Å². The zero-order chi connectivity index (χ0) is 11.5. The number of fused-ring (bicyclic) bond motifs is 1. The second-order valence-corrected chi connectivity index (χ2v) is 3.63. The molecule has 1 heterocycles. The number of benzene rings is 1. The van der Waals surface area contributed by atoms with Gasteiger partial charge in [0, 0.05) is 6.54 Å². The Morgan fingerprint density at radius 3 is 3.00 bits per heavy atom. The van der Waals surface area contributed by atoms with Gasteiger partial charge in [0.1, 0.15) is 5.75 Å². The van der Waals surface area contributed by atoms with E-state index in [0.29, 0.717) is 18.7 Å². The van der Waals surface area contributed by atoms with E-state index < -0.39 is 6.10 Å². The van der Waals surface area contributed by atoms with Crippen LogP contribution >= 0.6 is 0 Å². The number of carbonyl (C=O) groups is 1. The first-order chi connectivity index (χ1) is 7.74. The Kier molecular flexibility index (Phi) is 2.78. The third kappa shape index (κ3) is 1.72. The Bertz CT molecular complexity index is 451. The lowest BCUT2D eigenvalue weighted by molar-refractivity contribution is -0.125. The van der Waals surface area contributed by atoms with Gasteiger partial charge in [0.25, 0.3) is 5.91 Å². The van der Waals surface area contributed by atoms with Crippen molar-refractivity contribution in [1.29, 1.82) is 5.26 Å². The highest BCUT2D eigenvalue weighted by atomic mass is 16.5. The number of ether oxygens (including phenoxy) is 1. The first kappa shape index (κ1) is 10.5. The molecule has 0 saturated heterocycles. The number of rotatable bonds is 2. The summed E-state index contributed by atoms with van der Waals surface area (Å²) in [6.45, 7) is 2.14. The van der Waals surface area contributed by atoms with Crippen molar-refractivity contribution in [1.82, 2.24) is 0 Å². The molecular weight excluding hydrogens is 204 g/mol. The van der Waals surface area contributed by atoms with Gasteiger partial charge < -0.3 is 9.64 Å². The molecule has 0 fully saturated rings. The van der Waals surface area contributed by atoms with Crippen molar-refractivity contribution < 1.29 is 9.53 Å². The van der Waals surface area contributed by atoms with Gasteiger partial charge in [-0.1, -0.05) is 12.1 Å². The number of anilines is 1. The van der Waals surface area contributed by atoms with Crippen LogP contribution in [0.25, 0.3) is 0 Å². The Morgan fingerprint density at radius 1 is 1.50 bits per heavy atom. The number of hydrogen-bond acceptors (Lipinski definition) is 3. The monoisotopic (exact) mass is 216 g/mol. The molecule has 0 radical (unpaired) electrons. The molecule has 4 nitrogen and oxygen atoms in total. The lowest BCUT2D eigenvalue weighted by Gasteiger charge is -2.32. The molecule has 1 aliphatic heterocycles. The summed E-state index contributed by atoms with van der Waals surface area (Å²) in [7, 11) is 0. The summed E-state index contributed by atoms with van der Waals surface area (Å²) in [5.41, 5.74) is 0.751. The molecule has 82 valence electrons. The predicted octanol–water partition coefficient (Wildman–Crippen LogP) is 1.71. The fourth-order valence-electron chi connectivity index (χ4n) is 1.75. The van der Waals surface area contributed by atoms with Crippen molar-refractivity contribution >= 4 is 11.6 Å². The Labute approximate surface area is 94.0 Å². The molecule has 1 aromatic rings. The van der Waals surface area contributed by atoms with E-state index in [4.69, 9.17) is 10.00 Å². The number of hydrogen-bond donors (Lipinski definition) is 0. The summed E-state index contributed by atoms with van der Waals surface area (Å²) in [6, 6.07) is 9.42. The van der Waals surface area contributed by atoms with Gasteiger partial charge in [-0.3, -0.25) is 4.79 Å². The van der Waals surface area contributed by atoms with Crippen molar-refractivity contribution in [3.8, 4) is 11.8 Å². The zero-order valence-electron chi connectivity index (χ0n) is 9.01. The van der Waals surface area contributed by atoms with Crippen molar-refractivity contribution in [2.24, 2.45) is 0 Å². The van der Waals surface area contributed by atoms with Crippen LogP contribution in [0.3, 0.4) is 0 Å². The summed E-state index contributed by atoms with van der Waals surface area (Å²) >= 11 is 0. The van der Waals surface area contributed by atoms with Crippen LogP contribution < -0.4 is 9.64 Å². The van der Waals surface area contributed by atoms with Crippen molar-refractivity contribution in [3.05, 3.63) is 24.3 Å². The first-order valence-corrected chi connectivity index (χ1v) is 5.18. The zero-order valence-corrected chi connectivity index (χ0v) is 9.01. The molecule has 0 saturated carbocycles. The van der Waals surface area contributed by atoms with Gasteiger partial charge in [-0.05, 0) is 19.1 Å². The predicted molar refractivity (Wildman–Crippen MR) is 59.1 cm³/mol. The maximum Gasteiger partial charge on any atom is 0.267 e. The molecule has 1 aromatic carbocycles. The minimum Gasteiger partial charge on any atom is -0.479 e. The molecule has 4 heteroatoms. The molecular formula is C12H12N2O2. The van der Waals surface area contributed by atoms with Crippen LogP contribution in [0.4, 0.5) is 5.69 Å². The molecule has 0 aliphatic carbocycles. The minimum atomic E-state index is -0.478. The maximum absolute atomic E-state index is 11.9. The smallest absolute Gasteiger partial charge is 0.267 e. The van der Waals surface area contributed by atoms with Crippen LogP contribution in [0.15, 0.2) is 24.3 Å². The molecule has 0 aromatic heterocycles. The van der Waals surface area contributed by atoms with Gasteiger partial charge in [-0.15, -0.1) is 0 Å². The Morgan fingerprint density at radius 2 is 2.25 bits per heavy atom. The Balaban J connectivity index is 2.35. The number of para-hydroxylation sites is 2. The average Bonchev–Trinajstić information content (AvgIpc) is 2.30. The summed E-state index contributed by atoms with van der Waals surface area (Å²) in [5, 5.41) is 8.58. The summed E-state index contributed by atoms with van der Waals surface area (Å²) < 4.78 is 5.48. The fourth-order valence-corrected chi connectivity index (χ4v) is 1.75. The highest BCUT2D eigenvalue weighted by Gasteiger charge is 2.30. The highest BCUT2D eigenvalue weighted by Crippen LogP contribution is 2.33. The van der Waals surface area contributed by atoms with Gasteiger partial charge in [-0.2, -0.15) is 5.26 Å². The molecule has 16 heavy (non-hydrogen) atoms. The molecule has 0 N–H and O–H groups in total. The van der Waals surface area contributed by atoms with Gasteiger partial charge >= 0.3 is 0 Å². The number of carbonyl (C=O) groups excluding carboxylic acids is 1. The van der Waals surface area contributed by atoms with Gasteiger partial charge in [0.2, 0.25) is 0 Å². The molecule has 1 aliphatic rings. The largest absolute Gasteiger partial charge is 0.479 e. The van der Waals surface area contributed by atoms with E-state index in [1.807, 2.05) is 30.3 Å². The normalized spacial score (nSPS) is 18.6. The molecule has 2 rings (SSSR count). The third-order valence-electron chi connectivity index (χ3n) is 2.52. The van der Waals surface area contributed by atoms with E-state index in [1.54, 1.807) is 11.8 Å². The minimum absolute atomic E-state index is 0.0889. The van der Waals surface area contributed by atoms with Crippen LogP contribution in [-0.4, -0.2) is 18.6 Å². The number of nitriles is 1. The lowest BCUT2D eigenvalue weighted by Crippen LogP contribution is -2.44. The molecule has 1 unspecified atom stereocenters. The average molecular weight is 216 g/mol. The van der Waals surface area contributed by atoms with E-state index in [1.165, 1.54) is 0 Å². The van der Waals surface area contributed by atoms with Crippen molar-refractivity contribution in [3.63, 3.8) is 0 Å². The lowest BCUT2D eigenvalue weighted by atomic mass is 10.2. The SMILES string of the molecule is CC1Oc2ccccc2N(CCC#N)C1=O. The van der Waals surface area contributed by atoms with E-state index in [0.717, 1.165) is 5.69 Å². The van der Waals surface area contributed by atoms with Gasteiger partial charge in [0.15, 0.2) is 6.10 Å². The van der Waals surface area contributed by atoms with Crippen LogP contribution in [-0.2, 0) is 4.79 Å². The van der Waals surface area contributed by atoms with Gasteiger partial charge in [-0.25, -0.2) is 0 Å². The number of amides is 1. The van der Waals surface area contributed by atoms with Crippen LogP contribution in [0.5, 0.6) is 5.75 Å². The van der Waals surface area contributed by atoms with Crippen molar-refractivity contribution in [2.45, 2.75) is 19.4 Å². The summed E-state index contributed by atoms with van der Waals surface area (Å²) in [5.74, 6) is 0.612. The first-order valence-electron chi connectivity index (χ1n) is 5.18. The van der Waals surface area contributed by atoms with Crippen LogP contribution in [0.2, 0.25) is 0 Å². The highest BCUT2D eigenvalue weighted by molar-refractivity contribution is 5.99. The molecule has 0 spiro atoms. The summed E-state index contributed by atoms with van der Waals surface area (Å²) in [4.78, 5) is 13.5. The fraction of sp³-hybridized carbons (Fsp3) is 0.333. The summed E-state index contributed by atoms with van der Waals surface area (Å²) in [6.07, 6.45) is -0.152. The second kappa shape index (κ2) is 4.23. The topological polar surface area (TPSA) is 53.3 Å². The molecule has 1 amide bonds. The molecule has 1 atom stereocenters. The van der Waals surface area contributed by atoms with Crippen LogP contribution in [0, 0.1) is 11.3 Å². The third-order valence-corrected chi connectivity index (χ3v) is 2.52. The Hall–Kier alpha value is -2.02. The van der Waals surface area contributed by atoms with Crippen LogP contribution in [0.1, 0.15) is 13.3 Å². The van der Waals surface area contributed by atoms with Gasteiger partial charge in [0.05, 0.1) is 18.2 Å². The van der Waals surface area contributed by atoms with Crippen molar-refractivity contribution in [2.75, 3.05) is 11.4 Å². The number of nitrogens with zero attached hydrogens (tertiary/aromatic N) is 2. The second-order valence-electron chi connectivity index (χ2n) is 3.63. The standard InChI is InChI=1S/C12H12N2O2/c1-9-12(15)14(8-4-7-13)10-5-2-3-6-11(10)16-9/h2-3,5-6,9H,4,8H2,1H3. The maximum atomic E-state index is 11.9. The van der Waals surface area contributed by atoms with E-state index in [2.05, 4.69) is 0 Å².